The molecule has 4 rings (SSSR count). The van der Waals surface area contributed by atoms with Crippen LogP contribution in [0.4, 0.5) is 23.4 Å². The molecular formula is C21H22F4N6O4. The van der Waals surface area contributed by atoms with Crippen LogP contribution in [0.2, 0.25) is 0 Å². The van der Waals surface area contributed by atoms with Gasteiger partial charge in [-0.25, -0.2) is 9.37 Å². The van der Waals surface area contributed by atoms with Gasteiger partial charge in [-0.2, -0.15) is 13.2 Å². The number of benzene rings is 1. The zero-order valence-corrected chi connectivity index (χ0v) is 18.5. The molecule has 2 aliphatic rings. The van der Waals surface area contributed by atoms with Gasteiger partial charge in [0.25, 0.3) is 11.8 Å². The molecule has 1 saturated heterocycles. The van der Waals surface area contributed by atoms with Crippen molar-refractivity contribution >= 4 is 23.5 Å². The van der Waals surface area contributed by atoms with E-state index in [4.69, 9.17) is 4.74 Å². The number of anilines is 1. The summed E-state index contributed by atoms with van der Waals surface area (Å²) in [7, 11) is 1.37. The maximum Gasteiger partial charge on any atom is 0.416 e. The van der Waals surface area contributed by atoms with E-state index in [1.807, 2.05) is 4.90 Å². The Kier molecular flexibility index (Phi) is 6.76. The van der Waals surface area contributed by atoms with Crippen LogP contribution in [0.5, 0.6) is 0 Å². The summed E-state index contributed by atoms with van der Waals surface area (Å²) in [6.45, 7) is 2.29. The van der Waals surface area contributed by atoms with Crippen molar-refractivity contribution in [1.29, 1.82) is 0 Å². The Morgan fingerprint density at radius 1 is 1.20 bits per heavy atom. The molecule has 0 saturated carbocycles. The van der Waals surface area contributed by atoms with Crippen molar-refractivity contribution in [3.05, 3.63) is 46.7 Å². The summed E-state index contributed by atoms with van der Waals surface area (Å²) >= 11 is 0. The van der Waals surface area contributed by atoms with Crippen LogP contribution in [0, 0.1) is 5.82 Å². The van der Waals surface area contributed by atoms with Crippen LogP contribution in [0.1, 0.15) is 38.3 Å². The third-order valence-corrected chi connectivity index (χ3v) is 5.74. The van der Waals surface area contributed by atoms with Crippen LogP contribution in [0.3, 0.4) is 0 Å². The summed E-state index contributed by atoms with van der Waals surface area (Å²) in [6.07, 6.45) is -4.85. The first-order chi connectivity index (χ1) is 16.6. The maximum atomic E-state index is 13.8. The van der Waals surface area contributed by atoms with Crippen LogP contribution in [0.15, 0.2) is 18.2 Å². The predicted octanol–water partition coefficient (Wildman–Crippen LogP) is 1.16. The molecule has 14 heteroatoms. The van der Waals surface area contributed by atoms with Gasteiger partial charge in [-0.15, -0.1) is 0 Å². The Morgan fingerprint density at radius 2 is 1.91 bits per heavy atom. The minimum Gasteiger partial charge on any atom is -0.379 e. The molecule has 1 fully saturated rings. The molecule has 35 heavy (non-hydrogen) atoms. The number of nitrogens with one attached hydrogen (secondary N) is 3. The second kappa shape index (κ2) is 9.62. The molecule has 3 heterocycles. The summed E-state index contributed by atoms with van der Waals surface area (Å²) in [6, 6.07) is 0.609. The van der Waals surface area contributed by atoms with E-state index in [-0.39, 0.29) is 42.4 Å². The molecule has 1 atom stereocenters. The standard InChI is InChI=1S/C21H22F4N6O4/c1-26-20(34)17-28-16(29-18(32)11-6-12(21(23,24)25)8-13(22)7-11)14-9-27-19(33)15(31(14)17)10-30-2-4-35-5-3-30/h6-8,15H,2-5,9-10H2,1H3,(H,26,34)(H,27,33)(H,29,32). The molecule has 0 bridgehead atoms. The molecular weight excluding hydrogens is 476 g/mol. The molecule has 2 aromatic rings. The number of fused-ring (bicyclic) bond motifs is 1. The smallest absolute Gasteiger partial charge is 0.379 e. The van der Waals surface area contributed by atoms with Gasteiger partial charge in [0.2, 0.25) is 11.7 Å². The Labute approximate surface area is 196 Å². The zero-order valence-electron chi connectivity index (χ0n) is 18.5. The number of hydrogen-bond donors (Lipinski definition) is 3. The fourth-order valence-electron chi connectivity index (χ4n) is 4.01. The fraction of sp³-hybridized carbons (Fsp3) is 0.429. The van der Waals surface area contributed by atoms with Crippen molar-refractivity contribution in [3.8, 4) is 0 Å². The van der Waals surface area contributed by atoms with Crippen LogP contribution in [-0.2, 0) is 22.3 Å². The minimum atomic E-state index is -4.85. The quantitative estimate of drug-likeness (QED) is 0.533. The number of halogens is 4. The Balaban J connectivity index is 1.69. The van der Waals surface area contributed by atoms with Gasteiger partial charge in [0.05, 0.1) is 31.0 Å². The van der Waals surface area contributed by atoms with Crippen LogP contribution in [0.25, 0.3) is 0 Å². The molecule has 10 nitrogen and oxygen atoms in total. The first-order valence-electron chi connectivity index (χ1n) is 10.7. The van der Waals surface area contributed by atoms with Gasteiger partial charge in [-0.05, 0) is 18.2 Å². The van der Waals surface area contributed by atoms with Crippen LogP contribution in [-0.4, -0.2) is 72.1 Å². The first kappa shape index (κ1) is 24.6. The number of nitrogens with zero attached hydrogens (tertiary/aromatic N) is 3. The average Bonchev–Trinajstić information content (AvgIpc) is 3.18. The van der Waals surface area contributed by atoms with Gasteiger partial charge in [0.1, 0.15) is 11.9 Å². The van der Waals surface area contributed by atoms with Crippen molar-refractivity contribution in [2.45, 2.75) is 18.8 Å². The Hall–Kier alpha value is -3.52. The number of imidazole rings is 1. The van der Waals surface area contributed by atoms with E-state index >= 15 is 0 Å². The monoisotopic (exact) mass is 498 g/mol. The molecule has 1 aromatic carbocycles. The molecule has 2 aliphatic heterocycles. The molecule has 0 radical (unpaired) electrons. The van der Waals surface area contributed by atoms with Crippen molar-refractivity contribution in [2.75, 3.05) is 45.2 Å². The minimum absolute atomic E-state index is 0.0883. The lowest BCUT2D eigenvalue weighted by Crippen LogP contribution is -2.48. The third kappa shape index (κ3) is 5.12. The zero-order chi connectivity index (χ0) is 25.3. The van der Waals surface area contributed by atoms with Crippen molar-refractivity contribution in [3.63, 3.8) is 0 Å². The number of amides is 3. The van der Waals surface area contributed by atoms with E-state index in [2.05, 4.69) is 20.9 Å². The molecule has 3 N–H and O–H groups in total. The Bertz CT molecular complexity index is 1160. The summed E-state index contributed by atoms with van der Waals surface area (Å²) in [5.74, 6) is -3.55. The molecule has 3 amide bonds. The van der Waals surface area contributed by atoms with Crippen molar-refractivity contribution in [2.24, 2.45) is 0 Å². The average molecular weight is 498 g/mol. The third-order valence-electron chi connectivity index (χ3n) is 5.74. The second-order valence-electron chi connectivity index (χ2n) is 8.01. The maximum absolute atomic E-state index is 13.8. The van der Waals surface area contributed by atoms with Crippen molar-refractivity contribution in [1.82, 2.24) is 25.1 Å². The molecule has 1 unspecified atom stereocenters. The summed E-state index contributed by atoms with van der Waals surface area (Å²) < 4.78 is 59.7. The number of carbonyl (C=O) groups is 3. The van der Waals surface area contributed by atoms with Gasteiger partial charge in [-0.3, -0.25) is 19.3 Å². The normalized spacial score (nSPS) is 18.5. The summed E-state index contributed by atoms with van der Waals surface area (Å²) in [4.78, 5) is 44.2. The van der Waals surface area contributed by atoms with E-state index in [0.29, 0.717) is 38.4 Å². The lowest BCUT2D eigenvalue weighted by atomic mass is 10.1. The molecule has 0 spiro atoms. The van der Waals surface area contributed by atoms with E-state index < -0.39 is 41.0 Å². The SMILES string of the molecule is CNC(=O)c1nc(NC(=O)c2cc(F)cc(C(F)(F)F)c2)c2n1C(CN1CCOCC1)C(=O)NC2. The van der Waals surface area contributed by atoms with E-state index in [9.17, 15) is 31.9 Å². The van der Waals surface area contributed by atoms with Crippen LogP contribution >= 0.6 is 0 Å². The van der Waals surface area contributed by atoms with Crippen molar-refractivity contribution < 1.29 is 36.7 Å². The van der Waals surface area contributed by atoms with E-state index in [0.717, 1.165) is 0 Å². The summed E-state index contributed by atoms with van der Waals surface area (Å²) in [5.41, 5.74) is -1.62. The van der Waals surface area contributed by atoms with Crippen LogP contribution < -0.4 is 16.0 Å². The van der Waals surface area contributed by atoms with Gasteiger partial charge >= 0.3 is 6.18 Å². The van der Waals surface area contributed by atoms with Gasteiger partial charge in [0.15, 0.2) is 5.82 Å². The lowest BCUT2D eigenvalue weighted by Gasteiger charge is -2.33. The van der Waals surface area contributed by atoms with E-state index in [1.54, 1.807) is 0 Å². The molecule has 188 valence electrons. The van der Waals surface area contributed by atoms with E-state index in [1.165, 1.54) is 11.6 Å². The Morgan fingerprint density at radius 3 is 2.57 bits per heavy atom. The van der Waals surface area contributed by atoms with Gasteiger partial charge < -0.3 is 25.3 Å². The lowest BCUT2D eigenvalue weighted by molar-refractivity contribution is -0.137. The molecule has 1 aromatic heterocycles. The number of hydrogen-bond acceptors (Lipinski definition) is 6. The number of aromatic nitrogens is 2. The number of alkyl halides is 3. The van der Waals surface area contributed by atoms with Gasteiger partial charge in [-0.1, -0.05) is 0 Å². The fourth-order valence-corrected chi connectivity index (χ4v) is 4.01. The largest absolute Gasteiger partial charge is 0.416 e. The second-order valence-corrected chi connectivity index (χ2v) is 8.01. The summed E-state index contributed by atoms with van der Waals surface area (Å²) in [5, 5.41) is 7.48. The number of morpholine rings is 1. The van der Waals surface area contributed by atoms with Gasteiger partial charge in [0, 0.05) is 32.2 Å². The topological polar surface area (TPSA) is 118 Å². The number of ether oxygens (including phenoxy) is 1. The first-order valence-corrected chi connectivity index (χ1v) is 10.7. The highest BCUT2D eigenvalue weighted by atomic mass is 19.4. The number of rotatable bonds is 5. The predicted molar refractivity (Wildman–Crippen MR) is 113 cm³/mol. The highest BCUT2D eigenvalue weighted by molar-refractivity contribution is 6.05. The number of carbonyl (C=O) groups excluding carboxylic acids is 3. The highest BCUT2D eigenvalue weighted by Crippen LogP contribution is 2.31. The highest BCUT2D eigenvalue weighted by Gasteiger charge is 2.37. The molecule has 0 aliphatic carbocycles.